The molecule has 0 unspecified atom stereocenters. The summed E-state index contributed by atoms with van der Waals surface area (Å²) in [5.74, 6) is 0.574. The maximum absolute atomic E-state index is 12.1. The highest BCUT2D eigenvalue weighted by Crippen LogP contribution is 2.18. The van der Waals surface area contributed by atoms with Gasteiger partial charge in [0, 0.05) is 12.2 Å². The van der Waals surface area contributed by atoms with Gasteiger partial charge in [-0.3, -0.25) is 4.79 Å². The van der Waals surface area contributed by atoms with Gasteiger partial charge in [-0.25, -0.2) is 0 Å². The lowest BCUT2D eigenvalue weighted by Crippen LogP contribution is -2.17. The zero-order chi connectivity index (χ0) is 14.8. The van der Waals surface area contributed by atoms with Crippen LogP contribution >= 0.6 is 0 Å². The van der Waals surface area contributed by atoms with Crippen LogP contribution < -0.4 is 10.9 Å². The summed E-state index contributed by atoms with van der Waals surface area (Å²) >= 11 is 0. The first kappa shape index (κ1) is 13.4. The molecule has 0 aliphatic heterocycles. The molecule has 0 saturated carbocycles. The summed E-state index contributed by atoms with van der Waals surface area (Å²) in [5.41, 5.74) is 2.81. The van der Waals surface area contributed by atoms with Crippen molar-refractivity contribution in [1.29, 1.82) is 0 Å². The van der Waals surface area contributed by atoms with Gasteiger partial charge in [0.1, 0.15) is 0 Å². The van der Waals surface area contributed by atoms with Crippen LogP contribution in [0, 0.1) is 6.92 Å². The monoisotopic (exact) mass is 279 g/mol. The molecule has 21 heavy (non-hydrogen) atoms. The second-order valence-corrected chi connectivity index (χ2v) is 4.99. The van der Waals surface area contributed by atoms with Gasteiger partial charge >= 0.3 is 0 Å². The summed E-state index contributed by atoms with van der Waals surface area (Å²) in [6.07, 6.45) is 0. The summed E-state index contributed by atoms with van der Waals surface area (Å²) in [4.78, 5) is 16.3. The Labute approximate surface area is 123 Å². The lowest BCUT2D eigenvalue weighted by atomic mass is 10.2. The van der Waals surface area contributed by atoms with Crippen molar-refractivity contribution in [3.8, 4) is 0 Å². The summed E-state index contributed by atoms with van der Waals surface area (Å²) < 4.78 is 2.01. The fraction of sp³-hybridized carbons (Fsp3) is 0.176. The number of nitrogens with one attached hydrogen (secondary N) is 1. The molecular weight excluding hydrogens is 262 g/mol. The van der Waals surface area contributed by atoms with E-state index in [2.05, 4.69) is 10.3 Å². The van der Waals surface area contributed by atoms with Crippen molar-refractivity contribution in [3.05, 3.63) is 64.4 Å². The smallest absolute Gasteiger partial charge is 0.282 e. The van der Waals surface area contributed by atoms with E-state index in [1.165, 1.54) is 5.56 Å². The van der Waals surface area contributed by atoms with Gasteiger partial charge < -0.3 is 9.88 Å². The molecule has 0 aliphatic carbocycles. The van der Waals surface area contributed by atoms with Gasteiger partial charge in [-0.2, -0.15) is 4.98 Å². The highest BCUT2D eigenvalue weighted by Gasteiger charge is 2.09. The van der Waals surface area contributed by atoms with E-state index in [0.29, 0.717) is 11.3 Å². The molecule has 3 rings (SSSR count). The van der Waals surface area contributed by atoms with E-state index >= 15 is 0 Å². The molecule has 0 amide bonds. The van der Waals surface area contributed by atoms with Gasteiger partial charge in [0.2, 0.25) is 5.95 Å². The quantitative estimate of drug-likeness (QED) is 0.798. The van der Waals surface area contributed by atoms with Crippen molar-refractivity contribution in [1.82, 2.24) is 9.55 Å². The topological polar surface area (TPSA) is 46.9 Å². The number of aromatic nitrogens is 2. The number of benzene rings is 2. The molecule has 1 heterocycles. The van der Waals surface area contributed by atoms with E-state index in [0.717, 1.165) is 17.7 Å². The second-order valence-electron chi connectivity index (χ2n) is 4.99. The van der Waals surface area contributed by atoms with Gasteiger partial charge in [-0.1, -0.05) is 29.8 Å². The molecule has 1 N–H and O–H groups in total. The first-order chi connectivity index (χ1) is 10.2. The highest BCUT2D eigenvalue weighted by atomic mass is 16.1. The predicted molar refractivity (Wildman–Crippen MR) is 86.1 cm³/mol. The second kappa shape index (κ2) is 5.40. The molecule has 0 saturated heterocycles. The molecule has 106 valence electrons. The fourth-order valence-corrected chi connectivity index (χ4v) is 2.40. The number of rotatable bonds is 3. The molecule has 2 aromatic carbocycles. The van der Waals surface area contributed by atoms with Crippen molar-refractivity contribution in [2.75, 3.05) is 5.32 Å². The van der Waals surface area contributed by atoms with Crippen molar-refractivity contribution in [3.63, 3.8) is 0 Å². The van der Waals surface area contributed by atoms with Crippen LogP contribution in [0.3, 0.4) is 0 Å². The van der Waals surface area contributed by atoms with Crippen molar-refractivity contribution >= 4 is 22.5 Å². The molecule has 0 radical (unpaired) electrons. The SMILES string of the molecule is CCn1c(Nc2ccc(C)cc2)nc(=O)c2ccccc21. The van der Waals surface area contributed by atoms with Crippen molar-refractivity contribution < 1.29 is 0 Å². The number of hydrogen-bond donors (Lipinski definition) is 1. The fourth-order valence-electron chi connectivity index (χ4n) is 2.40. The average molecular weight is 279 g/mol. The largest absolute Gasteiger partial charge is 0.326 e. The van der Waals surface area contributed by atoms with Gasteiger partial charge in [0.05, 0.1) is 10.9 Å². The third-order valence-corrected chi connectivity index (χ3v) is 3.51. The van der Waals surface area contributed by atoms with Crippen LogP contribution in [0.2, 0.25) is 0 Å². The van der Waals surface area contributed by atoms with E-state index in [4.69, 9.17) is 0 Å². The number of aryl methyl sites for hydroxylation is 2. The normalized spacial score (nSPS) is 10.8. The minimum atomic E-state index is -0.204. The number of fused-ring (bicyclic) bond motifs is 1. The van der Waals surface area contributed by atoms with Crippen LogP contribution in [0.5, 0.6) is 0 Å². The Morgan fingerprint density at radius 3 is 2.52 bits per heavy atom. The van der Waals surface area contributed by atoms with Crippen LogP contribution in [0.25, 0.3) is 10.9 Å². The first-order valence-electron chi connectivity index (χ1n) is 7.02. The van der Waals surface area contributed by atoms with Gasteiger partial charge in [0.25, 0.3) is 5.56 Å². The number of para-hydroxylation sites is 1. The van der Waals surface area contributed by atoms with E-state index in [1.807, 2.05) is 66.9 Å². The van der Waals surface area contributed by atoms with E-state index in [9.17, 15) is 4.79 Å². The third-order valence-electron chi connectivity index (χ3n) is 3.51. The van der Waals surface area contributed by atoms with Crippen molar-refractivity contribution in [2.24, 2.45) is 0 Å². The minimum Gasteiger partial charge on any atom is -0.326 e. The zero-order valence-electron chi connectivity index (χ0n) is 12.1. The van der Waals surface area contributed by atoms with Crippen LogP contribution in [0.4, 0.5) is 11.6 Å². The first-order valence-corrected chi connectivity index (χ1v) is 7.02. The maximum atomic E-state index is 12.1. The van der Waals surface area contributed by atoms with Gasteiger partial charge in [-0.15, -0.1) is 0 Å². The van der Waals surface area contributed by atoms with Crippen molar-refractivity contribution in [2.45, 2.75) is 20.4 Å². The molecule has 3 aromatic rings. The molecule has 0 spiro atoms. The van der Waals surface area contributed by atoms with Gasteiger partial charge in [0.15, 0.2) is 0 Å². The van der Waals surface area contributed by atoms with Crippen LogP contribution in [0.15, 0.2) is 53.3 Å². The van der Waals surface area contributed by atoms with Crippen LogP contribution in [-0.4, -0.2) is 9.55 Å². The molecule has 4 nitrogen and oxygen atoms in total. The standard InChI is InChI=1S/C17H17N3O/c1-3-20-15-7-5-4-6-14(15)16(21)19-17(20)18-13-10-8-12(2)9-11-13/h4-11H,3H2,1-2H3,(H,18,19,21). The number of nitrogens with zero attached hydrogens (tertiary/aromatic N) is 2. The molecule has 0 aliphatic rings. The van der Waals surface area contributed by atoms with Crippen LogP contribution in [0.1, 0.15) is 12.5 Å². The summed E-state index contributed by atoms with van der Waals surface area (Å²) in [7, 11) is 0. The molecule has 0 fully saturated rings. The van der Waals surface area contributed by atoms with Gasteiger partial charge in [-0.05, 0) is 38.1 Å². The zero-order valence-corrected chi connectivity index (χ0v) is 12.1. The van der Waals surface area contributed by atoms with E-state index in [1.54, 1.807) is 0 Å². The summed E-state index contributed by atoms with van der Waals surface area (Å²) in [6, 6.07) is 15.6. The van der Waals surface area contributed by atoms with Crippen LogP contribution in [-0.2, 0) is 6.54 Å². The molecule has 0 bridgehead atoms. The lowest BCUT2D eigenvalue weighted by molar-refractivity contribution is 0.776. The molecule has 1 aromatic heterocycles. The molecule has 0 atom stereocenters. The minimum absolute atomic E-state index is 0.204. The third kappa shape index (κ3) is 2.52. The number of anilines is 2. The summed E-state index contributed by atoms with van der Waals surface area (Å²) in [6.45, 7) is 4.82. The Kier molecular flexibility index (Phi) is 3.44. The Balaban J connectivity index is 2.13. The molecular formula is C17H17N3O. The summed E-state index contributed by atoms with van der Waals surface area (Å²) in [5, 5.41) is 3.88. The molecule has 4 heteroatoms. The Bertz CT molecular complexity index is 835. The highest BCUT2D eigenvalue weighted by molar-refractivity contribution is 5.79. The Hall–Kier alpha value is -2.62. The Morgan fingerprint density at radius 2 is 1.81 bits per heavy atom. The lowest BCUT2D eigenvalue weighted by Gasteiger charge is -2.15. The van der Waals surface area contributed by atoms with E-state index in [-0.39, 0.29) is 5.56 Å². The Morgan fingerprint density at radius 1 is 1.10 bits per heavy atom. The number of hydrogen-bond acceptors (Lipinski definition) is 3. The maximum Gasteiger partial charge on any atom is 0.282 e. The average Bonchev–Trinajstić information content (AvgIpc) is 2.50. The van der Waals surface area contributed by atoms with E-state index < -0.39 is 0 Å². The predicted octanol–water partition coefficient (Wildman–Crippen LogP) is 3.47.